The molecule has 0 aromatic rings. The fourth-order valence-corrected chi connectivity index (χ4v) is 4.07. The summed E-state index contributed by atoms with van der Waals surface area (Å²) in [5, 5.41) is 0. The molecular weight excluding hydrogens is 236 g/mol. The lowest BCUT2D eigenvalue weighted by Crippen LogP contribution is -2.57. The molecule has 2 aliphatic carbocycles. The first-order valence-electron chi connectivity index (χ1n) is 7.67. The summed E-state index contributed by atoms with van der Waals surface area (Å²) in [7, 11) is 0. The van der Waals surface area contributed by atoms with Crippen molar-refractivity contribution in [3.05, 3.63) is 12.2 Å². The molecule has 19 heavy (non-hydrogen) atoms. The van der Waals surface area contributed by atoms with Gasteiger partial charge in [0.25, 0.3) is 0 Å². The topological polar surface area (TPSA) is 26.3 Å². The van der Waals surface area contributed by atoms with Crippen molar-refractivity contribution in [3.63, 3.8) is 0 Å². The number of ether oxygens (including phenoxy) is 1. The summed E-state index contributed by atoms with van der Waals surface area (Å²) in [5.41, 5.74) is 0.221. The summed E-state index contributed by atoms with van der Waals surface area (Å²) < 4.78 is 5.99. The summed E-state index contributed by atoms with van der Waals surface area (Å²) in [4.78, 5) is 12.1. The van der Waals surface area contributed by atoms with Crippen LogP contribution in [0.15, 0.2) is 12.2 Å². The maximum Gasteiger partial charge on any atom is 0.333 e. The van der Waals surface area contributed by atoms with E-state index in [0.29, 0.717) is 11.5 Å². The monoisotopic (exact) mass is 264 g/mol. The highest BCUT2D eigenvalue weighted by Gasteiger charge is 2.55. The van der Waals surface area contributed by atoms with Gasteiger partial charge in [-0.15, -0.1) is 0 Å². The van der Waals surface area contributed by atoms with Crippen LogP contribution >= 0.6 is 0 Å². The van der Waals surface area contributed by atoms with Crippen molar-refractivity contribution in [2.75, 3.05) is 0 Å². The van der Waals surface area contributed by atoms with Crippen LogP contribution in [-0.4, -0.2) is 11.6 Å². The molecular formula is C17H28O2. The highest BCUT2D eigenvalue weighted by atomic mass is 16.6. The van der Waals surface area contributed by atoms with Gasteiger partial charge in [0.05, 0.1) is 0 Å². The summed E-state index contributed by atoms with van der Waals surface area (Å²) in [6, 6.07) is 0. The zero-order valence-corrected chi connectivity index (χ0v) is 12.9. The van der Waals surface area contributed by atoms with Crippen molar-refractivity contribution in [2.24, 2.45) is 17.3 Å². The fourth-order valence-electron chi connectivity index (χ4n) is 4.07. The van der Waals surface area contributed by atoms with Gasteiger partial charge >= 0.3 is 5.97 Å². The van der Waals surface area contributed by atoms with Crippen molar-refractivity contribution in [3.8, 4) is 0 Å². The number of hydrogen-bond acceptors (Lipinski definition) is 2. The third-order valence-corrected chi connectivity index (χ3v) is 5.75. The highest BCUT2D eigenvalue weighted by Crippen LogP contribution is 2.55. The zero-order chi connectivity index (χ0) is 14.3. The molecule has 108 valence electrons. The molecule has 2 fully saturated rings. The second-order valence-corrected chi connectivity index (χ2v) is 7.35. The largest absolute Gasteiger partial charge is 0.455 e. The molecule has 0 aromatic heterocycles. The quantitative estimate of drug-likeness (QED) is 0.542. The minimum absolute atomic E-state index is 0.0522. The van der Waals surface area contributed by atoms with Gasteiger partial charge in [-0.05, 0) is 39.0 Å². The summed E-state index contributed by atoms with van der Waals surface area (Å²) in [5.74, 6) is 1.04. The maximum atomic E-state index is 12.1. The number of esters is 1. The molecule has 0 aromatic carbocycles. The first-order chi connectivity index (χ1) is 8.78. The number of hydrogen-bond donors (Lipinski definition) is 0. The van der Waals surface area contributed by atoms with E-state index in [2.05, 4.69) is 27.4 Å². The summed E-state index contributed by atoms with van der Waals surface area (Å²) >= 11 is 0. The van der Waals surface area contributed by atoms with Crippen molar-refractivity contribution >= 4 is 5.97 Å². The standard InChI is InChI=1S/C17H28O2/c1-12(2)15(18)19-17(5)14-9-7-6-8-13(14)10-11-16(17,3)4/h13-14H,1,6-11H2,2-5H3. The van der Waals surface area contributed by atoms with Crippen molar-refractivity contribution < 1.29 is 9.53 Å². The van der Waals surface area contributed by atoms with Crippen LogP contribution in [0, 0.1) is 17.3 Å². The van der Waals surface area contributed by atoms with Crippen LogP contribution in [0.2, 0.25) is 0 Å². The van der Waals surface area contributed by atoms with E-state index in [1.54, 1.807) is 6.92 Å². The Morgan fingerprint density at radius 2 is 1.79 bits per heavy atom. The third-order valence-electron chi connectivity index (χ3n) is 5.75. The molecule has 0 radical (unpaired) electrons. The average molecular weight is 264 g/mol. The second-order valence-electron chi connectivity index (χ2n) is 7.35. The van der Waals surface area contributed by atoms with Gasteiger partial charge in [-0.1, -0.05) is 39.7 Å². The molecule has 2 rings (SSSR count). The number of carbonyl (C=O) groups is 1. The van der Waals surface area contributed by atoms with Gasteiger partial charge < -0.3 is 4.74 Å². The van der Waals surface area contributed by atoms with E-state index < -0.39 is 0 Å². The maximum absolute atomic E-state index is 12.1. The van der Waals surface area contributed by atoms with E-state index in [-0.39, 0.29) is 17.0 Å². The summed E-state index contributed by atoms with van der Waals surface area (Å²) in [6.45, 7) is 12.1. The lowest BCUT2D eigenvalue weighted by molar-refractivity contribution is -0.198. The van der Waals surface area contributed by atoms with E-state index >= 15 is 0 Å². The van der Waals surface area contributed by atoms with Crippen molar-refractivity contribution in [1.82, 2.24) is 0 Å². The SMILES string of the molecule is C=C(C)C(=O)OC1(C)C2CCCCC2CCC1(C)C. The Labute approximate surface area is 117 Å². The van der Waals surface area contributed by atoms with Crippen LogP contribution in [0.5, 0.6) is 0 Å². The zero-order valence-electron chi connectivity index (χ0n) is 12.9. The van der Waals surface area contributed by atoms with Crippen molar-refractivity contribution in [1.29, 1.82) is 0 Å². The lowest BCUT2D eigenvalue weighted by atomic mass is 9.54. The second kappa shape index (κ2) is 4.96. The van der Waals surface area contributed by atoms with E-state index in [1.165, 1.54) is 32.1 Å². The Bertz CT molecular complexity index is 383. The first-order valence-corrected chi connectivity index (χ1v) is 7.67. The predicted octanol–water partition coefficient (Wildman–Crippen LogP) is 4.49. The smallest absolute Gasteiger partial charge is 0.333 e. The third kappa shape index (κ3) is 2.46. The fraction of sp³-hybridized carbons (Fsp3) is 0.824. The molecule has 0 amide bonds. The molecule has 0 heterocycles. The van der Waals surface area contributed by atoms with Crippen LogP contribution in [0.4, 0.5) is 0 Å². The molecule has 2 nitrogen and oxygen atoms in total. The number of rotatable bonds is 2. The molecule has 3 atom stereocenters. The van der Waals surface area contributed by atoms with Crippen LogP contribution in [0.1, 0.15) is 66.2 Å². The van der Waals surface area contributed by atoms with Gasteiger partial charge in [0.15, 0.2) is 0 Å². The normalized spacial score (nSPS) is 37.3. The molecule has 0 aliphatic heterocycles. The highest BCUT2D eigenvalue weighted by molar-refractivity contribution is 5.87. The Kier molecular flexibility index (Phi) is 3.81. The van der Waals surface area contributed by atoms with E-state index in [9.17, 15) is 4.79 Å². The van der Waals surface area contributed by atoms with Gasteiger partial charge in [-0.3, -0.25) is 0 Å². The van der Waals surface area contributed by atoms with Crippen LogP contribution in [-0.2, 0) is 9.53 Å². The van der Waals surface area contributed by atoms with Crippen LogP contribution in [0.3, 0.4) is 0 Å². The van der Waals surface area contributed by atoms with Gasteiger partial charge in [0, 0.05) is 16.9 Å². The van der Waals surface area contributed by atoms with Gasteiger partial charge in [-0.25, -0.2) is 4.79 Å². The van der Waals surface area contributed by atoms with Crippen molar-refractivity contribution in [2.45, 2.75) is 71.8 Å². The molecule has 2 saturated carbocycles. The van der Waals surface area contributed by atoms with Crippen LogP contribution in [0.25, 0.3) is 0 Å². The lowest BCUT2D eigenvalue weighted by Gasteiger charge is -2.56. The van der Waals surface area contributed by atoms with Gasteiger partial charge in [0.1, 0.15) is 5.60 Å². The Hall–Kier alpha value is -0.790. The average Bonchev–Trinajstić information content (AvgIpc) is 2.35. The Morgan fingerprint density at radius 3 is 2.42 bits per heavy atom. The Morgan fingerprint density at radius 1 is 1.16 bits per heavy atom. The van der Waals surface area contributed by atoms with Gasteiger partial charge in [0.2, 0.25) is 0 Å². The molecule has 0 bridgehead atoms. The molecule has 3 unspecified atom stereocenters. The Balaban J connectivity index is 2.29. The van der Waals surface area contributed by atoms with E-state index in [4.69, 9.17) is 4.74 Å². The molecule has 2 aliphatic rings. The number of fused-ring (bicyclic) bond motifs is 1. The van der Waals surface area contributed by atoms with Crippen LogP contribution < -0.4 is 0 Å². The number of carbonyl (C=O) groups excluding carboxylic acids is 1. The van der Waals surface area contributed by atoms with E-state index in [1.807, 2.05) is 0 Å². The first kappa shape index (κ1) is 14.6. The predicted molar refractivity (Wildman–Crippen MR) is 77.8 cm³/mol. The van der Waals surface area contributed by atoms with Gasteiger partial charge in [-0.2, -0.15) is 0 Å². The molecule has 0 saturated heterocycles. The minimum atomic E-state index is -0.341. The summed E-state index contributed by atoms with van der Waals surface area (Å²) in [6.07, 6.45) is 7.56. The minimum Gasteiger partial charge on any atom is -0.455 e. The molecule has 0 spiro atoms. The van der Waals surface area contributed by atoms with E-state index in [0.717, 1.165) is 12.3 Å². The molecule has 2 heteroatoms. The molecule has 0 N–H and O–H groups in total.